The summed E-state index contributed by atoms with van der Waals surface area (Å²) in [6, 6.07) is -10.1. The molecule has 1 rings (SSSR count). The number of nitrogens with zero attached hydrogens (tertiary/aromatic N) is 2. The summed E-state index contributed by atoms with van der Waals surface area (Å²) in [6.07, 6.45) is -2.53. The Morgan fingerprint density at radius 3 is 1.18 bits per heavy atom. The number of aliphatic imine (C=N–C) groups is 2. The van der Waals surface area contributed by atoms with Crippen molar-refractivity contribution in [2.24, 2.45) is 44.8 Å². The number of benzene rings is 1. The average Bonchev–Trinajstić information content (AvgIpc) is 1.16. The van der Waals surface area contributed by atoms with Crippen LogP contribution in [0.4, 0.5) is 0 Å². The molecule has 0 aliphatic carbocycles. The zero-order chi connectivity index (χ0) is 74.4. The Labute approximate surface area is 566 Å². The van der Waals surface area contributed by atoms with Gasteiger partial charge in [-0.25, -0.2) is 0 Å². The Kier molecular flexibility index (Phi) is 40.1. The van der Waals surface area contributed by atoms with Crippen LogP contribution in [0.3, 0.4) is 0 Å². The second-order valence-corrected chi connectivity index (χ2v) is 23.4. The van der Waals surface area contributed by atoms with Crippen molar-refractivity contribution in [3.63, 3.8) is 0 Å². The van der Waals surface area contributed by atoms with Crippen molar-refractivity contribution < 1.29 is 97.8 Å². The summed E-state index contributed by atoms with van der Waals surface area (Å²) in [5.41, 5.74) is 22.5. The van der Waals surface area contributed by atoms with Crippen LogP contribution in [0, 0.1) is 24.7 Å². The number of aliphatic hydroxyl groups is 4. The van der Waals surface area contributed by atoms with Crippen LogP contribution in [0.1, 0.15) is 105 Å². The van der Waals surface area contributed by atoms with Crippen LogP contribution < -0.4 is 86.7 Å². The number of carboxylic acids is 2. The smallest absolute Gasteiger partial charge is 0.305 e. The van der Waals surface area contributed by atoms with Gasteiger partial charge in [0.15, 0.2) is 11.9 Å². The van der Waals surface area contributed by atoms with E-state index in [1.54, 1.807) is 65.0 Å². The Hall–Kier alpha value is -9.82. The summed E-state index contributed by atoms with van der Waals surface area (Å²) < 4.78 is 0. The molecule has 0 aliphatic heterocycles. The van der Waals surface area contributed by atoms with Crippen LogP contribution >= 0.6 is 0 Å². The zero-order valence-corrected chi connectivity index (χ0v) is 55.8. The third-order valence-electron chi connectivity index (χ3n) is 14.1. The minimum absolute atomic E-state index is 0.00727. The first kappa shape index (κ1) is 86.2. The van der Waals surface area contributed by atoms with Crippen LogP contribution in [-0.2, 0) is 73.5 Å². The molecular weight excluding hydrogens is 1290 g/mol. The van der Waals surface area contributed by atoms with Gasteiger partial charge in [-0.15, -0.1) is 0 Å². The molecule has 38 heteroatoms. The number of carboxylic acid groups (broad SMARTS) is 2. The molecule has 12 amide bonds. The highest BCUT2D eigenvalue weighted by Crippen LogP contribution is 2.13. The van der Waals surface area contributed by atoms with E-state index in [1.807, 2.05) is 0 Å². The molecule has 2 radical (unpaired) electrons. The molecule has 0 spiro atoms. The van der Waals surface area contributed by atoms with Gasteiger partial charge in [0.2, 0.25) is 70.9 Å². The van der Waals surface area contributed by atoms with E-state index in [0.29, 0.717) is 5.56 Å². The quantitative estimate of drug-likeness (QED) is 0.0164. The molecule has 12 unspecified atom stereocenters. The minimum Gasteiger partial charge on any atom is -0.481 e. The van der Waals surface area contributed by atoms with Crippen molar-refractivity contribution in [1.82, 2.24) is 63.8 Å². The van der Waals surface area contributed by atoms with Gasteiger partial charge >= 0.3 is 11.9 Å². The summed E-state index contributed by atoms with van der Waals surface area (Å²) >= 11 is 0. The van der Waals surface area contributed by atoms with Gasteiger partial charge < -0.3 is 117 Å². The monoisotopic (exact) mass is 1390 g/mol. The SMILES string of the molecule is C[CH][CH]C(=O)NC(Cc1ccccc1)C(=O)NC(C(=O)NC(CO)C(=O)NC(CCC(=O)O)C(=O)NC(CC(C)C)C(=O)NC(CO)C(=O)NC(CCCN=C(N)N)C(=O)NC(CC(C)C)C(=O)NC(CCCN=C(N)N)C(=O)NC(CC(=O)O)C(=O)NC(CO)C(=O)NC)C(C)O. The highest BCUT2D eigenvalue weighted by Gasteiger charge is 2.38. The van der Waals surface area contributed by atoms with Crippen LogP contribution in [-0.4, -0.2) is 238 Å². The molecule has 0 fully saturated rings. The molecule has 0 saturated carbocycles. The molecule has 0 aliphatic rings. The molecule has 0 saturated heterocycles. The Morgan fingerprint density at radius 2 is 0.806 bits per heavy atom. The number of guanidine groups is 2. The van der Waals surface area contributed by atoms with E-state index in [2.05, 4.69) is 73.8 Å². The Morgan fingerprint density at radius 1 is 0.449 bits per heavy atom. The lowest BCUT2D eigenvalue weighted by Gasteiger charge is -2.28. The topological polar surface area (TPSA) is 634 Å². The van der Waals surface area contributed by atoms with Crippen LogP contribution in [0.25, 0.3) is 0 Å². The number of nitrogens with two attached hydrogens (primary N) is 4. The molecule has 26 N–H and O–H groups in total. The number of aliphatic carboxylic acids is 2. The third-order valence-corrected chi connectivity index (χ3v) is 14.1. The predicted octanol–water partition coefficient (Wildman–Crippen LogP) is -8.37. The fourth-order valence-corrected chi connectivity index (χ4v) is 9.16. The van der Waals surface area contributed by atoms with E-state index in [0.717, 1.165) is 13.3 Å². The standard InChI is InChI=1S/C60H98N18O20/c1-8-14-44(83)68-39(25-33-15-10-9-11-16-33)55(95)78-47(32(6)82)58(98)77-43(29-81)57(97)71-36(19-20-45(84)85)51(91)73-38(24-31(4)5)53(93)76-42(28-80)56(96)70-35(18-13-22-67-60(63)64)49(89)72-37(23-30(2)3)52(92)69-34(17-12-21-66-59(61)62)50(90)74-40(26-46(86)87)54(94)75-41(27-79)48(88)65-7/h8-11,14-16,30-32,34-43,47,79-82H,12-13,17-29H2,1-7H3,(H,65,88)(H,68,83)(H,69,92)(H,70,96)(H,71,97)(H,72,89)(H,73,91)(H,74,90)(H,75,94)(H,76,93)(H,77,98)(H,78,95)(H,84,85)(H,86,87)(H4,61,62,66)(H4,63,64,67). The van der Waals surface area contributed by atoms with E-state index in [1.165, 1.54) is 13.5 Å². The minimum atomic E-state index is -1.94. The molecule has 38 nitrogen and oxygen atoms in total. The summed E-state index contributed by atoms with van der Waals surface area (Å²) in [5.74, 6) is -17.3. The zero-order valence-electron chi connectivity index (χ0n) is 55.8. The lowest BCUT2D eigenvalue weighted by atomic mass is 10.0. The molecular formula is C60H98N18O20. The number of likely N-dealkylation sites (N-methyl/N-ethyl adjacent to an activating group) is 1. The van der Waals surface area contributed by atoms with Crippen LogP contribution in [0.5, 0.6) is 0 Å². The number of hydrogen-bond acceptors (Lipinski definition) is 20. The molecule has 1 aromatic carbocycles. The maximum Gasteiger partial charge on any atom is 0.305 e. The summed E-state index contributed by atoms with van der Waals surface area (Å²) in [6.45, 7) is 5.85. The molecule has 98 heavy (non-hydrogen) atoms. The second kappa shape index (κ2) is 45.6. The molecule has 0 aromatic heterocycles. The maximum absolute atomic E-state index is 14.4. The first-order chi connectivity index (χ1) is 46.1. The summed E-state index contributed by atoms with van der Waals surface area (Å²) in [4.78, 5) is 195. The van der Waals surface area contributed by atoms with E-state index in [9.17, 15) is 97.8 Å². The Balaban J connectivity index is 3.59. The van der Waals surface area contributed by atoms with Crippen LogP contribution in [0.2, 0.25) is 0 Å². The van der Waals surface area contributed by atoms with Gasteiger partial charge in [0.1, 0.15) is 66.5 Å². The average molecular weight is 1390 g/mol. The lowest BCUT2D eigenvalue weighted by molar-refractivity contribution is -0.141. The fraction of sp³-hybridized carbons (Fsp3) is 0.600. The number of rotatable bonds is 47. The molecule has 1 aromatic rings. The van der Waals surface area contributed by atoms with Crippen molar-refractivity contribution in [2.45, 2.75) is 178 Å². The number of carbonyl (C=O) groups is 14. The fourth-order valence-electron chi connectivity index (χ4n) is 9.16. The predicted molar refractivity (Wildman–Crippen MR) is 351 cm³/mol. The van der Waals surface area contributed by atoms with Crippen molar-refractivity contribution in [2.75, 3.05) is 40.0 Å². The first-order valence-corrected chi connectivity index (χ1v) is 31.4. The van der Waals surface area contributed by atoms with Crippen molar-refractivity contribution in [1.29, 1.82) is 0 Å². The van der Waals surface area contributed by atoms with Gasteiger partial charge in [0.05, 0.1) is 38.8 Å². The van der Waals surface area contributed by atoms with Crippen molar-refractivity contribution >= 4 is 94.7 Å². The lowest BCUT2D eigenvalue weighted by Crippen LogP contribution is -2.62. The highest BCUT2D eigenvalue weighted by atomic mass is 16.4. The second-order valence-electron chi connectivity index (χ2n) is 23.4. The first-order valence-electron chi connectivity index (χ1n) is 31.4. The largest absolute Gasteiger partial charge is 0.481 e. The van der Waals surface area contributed by atoms with Gasteiger partial charge in [0.25, 0.3) is 0 Å². The summed E-state index contributed by atoms with van der Waals surface area (Å²) in [5, 5.41) is 88.5. The maximum atomic E-state index is 14.4. The van der Waals surface area contributed by atoms with Gasteiger partial charge in [-0.2, -0.15) is 0 Å². The van der Waals surface area contributed by atoms with Crippen molar-refractivity contribution in [3.05, 3.63) is 48.7 Å². The van der Waals surface area contributed by atoms with E-state index < -0.39 is 200 Å². The van der Waals surface area contributed by atoms with E-state index in [4.69, 9.17) is 22.9 Å². The third kappa shape index (κ3) is 33.7. The summed E-state index contributed by atoms with van der Waals surface area (Å²) in [7, 11) is 1.20. The molecule has 548 valence electrons. The number of nitrogens with one attached hydrogen (secondary N) is 12. The molecule has 0 bridgehead atoms. The van der Waals surface area contributed by atoms with Gasteiger partial charge in [0, 0.05) is 33.0 Å². The number of carbonyl (C=O) groups excluding carboxylic acids is 12. The number of hydrogen-bond donors (Lipinski definition) is 22. The van der Waals surface area contributed by atoms with Crippen LogP contribution in [0.15, 0.2) is 40.3 Å². The van der Waals surface area contributed by atoms with Gasteiger partial charge in [-0.1, -0.05) is 65.0 Å². The highest BCUT2D eigenvalue weighted by molar-refractivity contribution is 6.00. The molecule has 0 heterocycles. The normalized spacial score (nSPS) is 14.7. The molecule has 12 atom stereocenters. The number of aliphatic hydroxyl groups excluding tert-OH is 4. The van der Waals surface area contributed by atoms with Gasteiger partial charge in [-0.3, -0.25) is 77.1 Å². The van der Waals surface area contributed by atoms with Crippen molar-refractivity contribution in [3.8, 4) is 0 Å². The Bertz CT molecular complexity index is 2890. The number of amides is 12. The van der Waals surface area contributed by atoms with E-state index in [-0.39, 0.29) is 75.9 Å². The van der Waals surface area contributed by atoms with Gasteiger partial charge in [-0.05, 0) is 75.7 Å². The van der Waals surface area contributed by atoms with E-state index >= 15 is 0 Å².